The van der Waals surface area contributed by atoms with Crippen molar-refractivity contribution in [1.29, 1.82) is 0 Å². The Bertz CT molecular complexity index is 301. The first-order valence-corrected chi connectivity index (χ1v) is 4.92. The lowest BCUT2D eigenvalue weighted by atomic mass is 9.84. The number of rotatable bonds is 2. The monoisotopic (exact) mass is 189 g/mol. The maximum Gasteiger partial charge on any atom is 0.130 e. The molecule has 1 heterocycles. The molecule has 0 fully saturated rings. The van der Waals surface area contributed by atoms with Crippen molar-refractivity contribution in [2.24, 2.45) is 0 Å². The summed E-state index contributed by atoms with van der Waals surface area (Å²) in [4.78, 5) is 4.23. The van der Waals surface area contributed by atoms with Crippen LogP contribution >= 0.6 is 0 Å². The average Bonchev–Trinajstić information content (AvgIpc) is 2.08. The summed E-state index contributed by atoms with van der Waals surface area (Å²) < 4.78 is 0. The molecule has 0 aliphatic carbocycles. The smallest absolute Gasteiger partial charge is 0.130 e. The SMILES string of the molecule is [B]c1c(C(C)C)cnc(C(C)C)c1O. The van der Waals surface area contributed by atoms with Crippen molar-refractivity contribution in [3.05, 3.63) is 17.5 Å². The van der Waals surface area contributed by atoms with Crippen molar-refractivity contribution < 1.29 is 5.11 Å². The fourth-order valence-electron chi connectivity index (χ4n) is 1.43. The van der Waals surface area contributed by atoms with Crippen LogP contribution in [0.25, 0.3) is 0 Å². The van der Waals surface area contributed by atoms with E-state index in [9.17, 15) is 5.11 Å². The number of pyridine rings is 1. The van der Waals surface area contributed by atoms with Gasteiger partial charge in [0.1, 0.15) is 13.6 Å². The molecule has 1 N–H and O–H groups in total. The minimum absolute atomic E-state index is 0.145. The summed E-state index contributed by atoms with van der Waals surface area (Å²) in [5, 5.41) is 9.81. The van der Waals surface area contributed by atoms with Gasteiger partial charge in [-0.1, -0.05) is 27.7 Å². The van der Waals surface area contributed by atoms with Gasteiger partial charge in [-0.25, -0.2) is 0 Å². The molecule has 0 spiro atoms. The Morgan fingerprint density at radius 3 is 2.21 bits per heavy atom. The largest absolute Gasteiger partial charge is 0.507 e. The predicted molar refractivity (Wildman–Crippen MR) is 59.5 cm³/mol. The van der Waals surface area contributed by atoms with Crippen LogP contribution in [0, 0.1) is 0 Å². The Labute approximate surface area is 86.8 Å². The van der Waals surface area contributed by atoms with Crippen LogP contribution < -0.4 is 5.46 Å². The van der Waals surface area contributed by atoms with Crippen LogP contribution in [0.5, 0.6) is 5.75 Å². The third-order valence-electron chi connectivity index (χ3n) is 2.32. The Balaban J connectivity index is 3.26. The molecule has 2 nitrogen and oxygen atoms in total. The molecule has 0 saturated carbocycles. The van der Waals surface area contributed by atoms with E-state index in [4.69, 9.17) is 7.85 Å². The molecule has 74 valence electrons. The maximum absolute atomic E-state index is 9.81. The highest BCUT2D eigenvalue weighted by Gasteiger charge is 2.13. The van der Waals surface area contributed by atoms with E-state index >= 15 is 0 Å². The second-order valence-electron chi connectivity index (χ2n) is 4.17. The third-order valence-corrected chi connectivity index (χ3v) is 2.32. The summed E-state index contributed by atoms with van der Waals surface area (Å²) >= 11 is 0. The first-order valence-electron chi connectivity index (χ1n) is 4.92. The standard InChI is InChI=1S/C11H16BNO/c1-6(2)8-5-13-10(7(3)4)11(14)9(8)12/h5-7,14H,1-4H3. The van der Waals surface area contributed by atoms with Gasteiger partial charge < -0.3 is 5.11 Å². The van der Waals surface area contributed by atoms with Crippen molar-refractivity contribution in [1.82, 2.24) is 4.98 Å². The Kier molecular flexibility index (Phi) is 3.19. The lowest BCUT2D eigenvalue weighted by molar-refractivity contribution is 0.463. The van der Waals surface area contributed by atoms with Crippen molar-refractivity contribution in [2.75, 3.05) is 0 Å². The lowest BCUT2D eigenvalue weighted by Gasteiger charge is -2.15. The quantitative estimate of drug-likeness (QED) is 0.720. The molecular formula is C11H16BNO. The van der Waals surface area contributed by atoms with Crippen LogP contribution in [-0.2, 0) is 0 Å². The Morgan fingerprint density at radius 1 is 1.21 bits per heavy atom. The molecule has 3 heteroatoms. The molecule has 0 unspecified atom stereocenters. The number of aromatic hydroxyl groups is 1. The van der Waals surface area contributed by atoms with Gasteiger partial charge in [-0.15, -0.1) is 0 Å². The third kappa shape index (κ3) is 1.92. The van der Waals surface area contributed by atoms with Crippen LogP contribution in [0.4, 0.5) is 0 Å². The number of hydrogen-bond donors (Lipinski definition) is 1. The highest BCUT2D eigenvalue weighted by Crippen LogP contribution is 2.23. The summed E-state index contributed by atoms with van der Waals surface area (Å²) in [6.07, 6.45) is 1.76. The molecule has 1 aromatic rings. The molecule has 0 aliphatic heterocycles. The zero-order valence-electron chi connectivity index (χ0n) is 9.20. The average molecular weight is 189 g/mol. The van der Waals surface area contributed by atoms with E-state index in [1.807, 2.05) is 27.7 Å². The first-order chi connectivity index (χ1) is 6.45. The topological polar surface area (TPSA) is 33.1 Å². The highest BCUT2D eigenvalue weighted by atomic mass is 16.3. The van der Waals surface area contributed by atoms with Gasteiger partial charge in [0.15, 0.2) is 0 Å². The van der Waals surface area contributed by atoms with Crippen LogP contribution in [-0.4, -0.2) is 17.9 Å². The van der Waals surface area contributed by atoms with E-state index in [1.165, 1.54) is 0 Å². The Morgan fingerprint density at radius 2 is 1.79 bits per heavy atom. The van der Waals surface area contributed by atoms with E-state index < -0.39 is 0 Å². The molecule has 0 bridgehead atoms. The van der Waals surface area contributed by atoms with Crippen LogP contribution in [0.1, 0.15) is 50.8 Å². The van der Waals surface area contributed by atoms with Gasteiger partial charge in [0.2, 0.25) is 0 Å². The summed E-state index contributed by atoms with van der Waals surface area (Å²) in [6, 6.07) is 0. The van der Waals surface area contributed by atoms with E-state index in [2.05, 4.69) is 4.98 Å². The molecule has 0 saturated heterocycles. The molecule has 0 aliphatic rings. The predicted octanol–water partition coefficient (Wildman–Crippen LogP) is 1.83. The van der Waals surface area contributed by atoms with Gasteiger partial charge in [-0.2, -0.15) is 0 Å². The second-order valence-corrected chi connectivity index (χ2v) is 4.17. The van der Waals surface area contributed by atoms with Crippen LogP contribution in [0.15, 0.2) is 6.20 Å². The number of nitrogens with zero attached hydrogens (tertiary/aromatic N) is 1. The summed E-state index contributed by atoms with van der Waals surface area (Å²) in [6.45, 7) is 8.02. The summed E-state index contributed by atoms with van der Waals surface area (Å²) in [5.74, 6) is 0.624. The van der Waals surface area contributed by atoms with E-state index in [-0.39, 0.29) is 17.6 Å². The molecule has 1 rings (SSSR count). The number of aromatic nitrogens is 1. The van der Waals surface area contributed by atoms with Gasteiger partial charge in [0, 0.05) is 6.20 Å². The zero-order chi connectivity index (χ0) is 10.9. The second kappa shape index (κ2) is 4.03. The van der Waals surface area contributed by atoms with Crippen LogP contribution in [0.2, 0.25) is 0 Å². The first kappa shape index (κ1) is 11.1. The molecule has 0 amide bonds. The zero-order valence-corrected chi connectivity index (χ0v) is 9.20. The summed E-state index contributed by atoms with van der Waals surface area (Å²) in [5.41, 5.74) is 2.05. The minimum Gasteiger partial charge on any atom is -0.507 e. The molecule has 0 aromatic carbocycles. The van der Waals surface area contributed by atoms with Crippen molar-refractivity contribution in [3.8, 4) is 5.75 Å². The summed E-state index contributed by atoms with van der Waals surface area (Å²) in [7, 11) is 5.83. The van der Waals surface area contributed by atoms with Gasteiger partial charge in [0.05, 0.1) is 5.69 Å². The molecule has 1 aromatic heterocycles. The molecule has 0 atom stereocenters. The maximum atomic E-state index is 9.81. The van der Waals surface area contributed by atoms with Gasteiger partial charge in [-0.3, -0.25) is 4.98 Å². The van der Waals surface area contributed by atoms with E-state index in [0.717, 1.165) is 5.56 Å². The van der Waals surface area contributed by atoms with Gasteiger partial charge >= 0.3 is 0 Å². The Hall–Kier alpha value is -0.985. The molecule has 14 heavy (non-hydrogen) atoms. The molecule has 2 radical (unpaired) electrons. The van der Waals surface area contributed by atoms with E-state index in [1.54, 1.807) is 6.20 Å². The fraction of sp³-hybridized carbons (Fsp3) is 0.545. The van der Waals surface area contributed by atoms with Crippen LogP contribution in [0.3, 0.4) is 0 Å². The lowest BCUT2D eigenvalue weighted by Crippen LogP contribution is -2.15. The van der Waals surface area contributed by atoms with Crippen molar-refractivity contribution >= 4 is 13.3 Å². The number of hydrogen-bond acceptors (Lipinski definition) is 2. The van der Waals surface area contributed by atoms with Gasteiger partial charge in [-0.05, 0) is 22.9 Å². The highest BCUT2D eigenvalue weighted by molar-refractivity contribution is 6.35. The van der Waals surface area contributed by atoms with E-state index in [0.29, 0.717) is 11.2 Å². The molecular weight excluding hydrogens is 173 g/mol. The minimum atomic E-state index is 0.145. The normalized spacial score (nSPS) is 11.3. The fourth-order valence-corrected chi connectivity index (χ4v) is 1.43. The van der Waals surface area contributed by atoms with Gasteiger partial charge in [0.25, 0.3) is 0 Å². The van der Waals surface area contributed by atoms with Crippen molar-refractivity contribution in [3.63, 3.8) is 0 Å². The van der Waals surface area contributed by atoms with Crippen molar-refractivity contribution in [2.45, 2.75) is 39.5 Å².